The fraction of sp³-hybridized carbons (Fsp3) is 0.0943. The average Bonchev–Trinajstić information content (AvgIpc) is 3.51. The van der Waals surface area contributed by atoms with Gasteiger partial charge in [-0.05, 0) is 112 Å². The highest BCUT2D eigenvalue weighted by Gasteiger charge is 2.39. The summed E-state index contributed by atoms with van der Waals surface area (Å²) in [5.41, 5.74) is 17.0. The first-order chi connectivity index (χ1) is 28.1. The highest BCUT2D eigenvalue weighted by atomic mass is 32.2. The largest absolute Gasteiger partial charge is 0.311 e. The van der Waals surface area contributed by atoms with Crippen LogP contribution >= 0.6 is 23.5 Å². The fourth-order valence-corrected chi connectivity index (χ4v) is 11.1. The Hall–Kier alpha value is -5.94. The Kier molecular flexibility index (Phi) is 9.24. The standard InChI is InChI=1S/C53H42N2S2/c1-53(2)46-26-13-12-24-44(46)50-47(53)32-33-48(51(50)45-25-15-27-49-52(45)57-35-34-56-49)55(43-23-14-18-38(36-43)37-16-6-3-7-17-37)42-30-28-41(29-31-42)54(39-19-8-4-9-20-39)40-21-10-5-11-22-40/h3-33,36H,34-35H2,1-2H3. The number of fused-ring (bicyclic) bond motifs is 4. The predicted molar refractivity (Wildman–Crippen MR) is 246 cm³/mol. The minimum absolute atomic E-state index is 0.131. The quantitative estimate of drug-likeness (QED) is 0.152. The number of anilines is 6. The molecule has 276 valence electrons. The summed E-state index contributed by atoms with van der Waals surface area (Å²) in [5.74, 6) is 2.23. The molecule has 0 saturated carbocycles. The van der Waals surface area contributed by atoms with Crippen molar-refractivity contribution in [3.8, 4) is 33.4 Å². The molecule has 8 aromatic carbocycles. The number of nitrogens with zero attached hydrogens (tertiary/aromatic N) is 2. The molecule has 0 aromatic heterocycles. The van der Waals surface area contributed by atoms with Gasteiger partial charge in [0.1, 0.15) is 0 Å². The molecule has 8 aromatic rings. The van der Waals surface area contributed by atoms with Crippen LogP contribution in [0.4, 0.5) is 34.1 Å². The summed E-state index contributed by atoms with van der Waals surface area (Å²) >= 11 is 3.99. The third-order valence-electron chi connectivity index (χ3n) is 11.4. The monoisotopic (exact) mass is 770 g/mol. The molecule has 0 saturated heterocycles. The van der Waals surface area contributed by atoms with E-state index in [4.69, 9.17) is 0 Å². The van der Waals surface area contributed by atoms with Gasteiger partial charge < -0.3 is 9.80 Å². The Morgan fingerprint density at radius 1 is 0.404 bits per heavy atom. The van der Waals surface area contributed by atoms with E-state index in [9.17, 15) is 0 Å². The molecule has 0 spiro atoms. The van der Waals surface area contributed by atoms with Crippen LogP contribution in [0.5, 0.6) is 0 Å². The molecule has 1 heterocycles. The lowest BCUT2D eigenvalue weighted by molar-refractivity contribution is 0.660. The molecule has 0 bridgehead atoms. The summed E-state index contributed by atoms with van der Waals surface area (Å²) in [7, 11) is 0. The third kappa shape index (κ3) is 6.34. The average molecular weight is 771 g/mol. The van der Waals surface area contributed by atoms with Gasteiger partial charge in [-0.25, -0.2) is 0 Å². The summed E-state index contributed by atoms with van der Waals surface area (Å²) in [4.78, 5) is 7.59. The molecule has 2 nitrogen and oxygen atoms in total. The van der Waals surface area contributed by atoms with E-state index < -0.39 is 0 Å². The van der Waals surface area contributed by atoms with Crippen LogP contribution in [-0.4, -0.2) is 11.5 Å². The molecule has 10 rings (SSSR count). The van der Waals surface area contributed by atoms with Crippen LogP contribution in [0.25, 0.3) is 33.4 Å². The molecule has 1 aliphatic carbocycles. The first-order valence-electron chi connectivity index (χ1n) is 19.7. The van der Waals surface area contributed by atoms with Crippen molar-refractivity contribution in [3.05, 3.63) is 205 Å². The second kappa shape index (κ2) is 14.9. The highest BCUT2D eigenvalue weighted by molar-refractivity contribution is 8.05. The van der Waals surface area contributed by atoms with E-state index in [2.05, 4.69) is 218 Å². The molecule has 0 fully saturated rings. The lowest BCUT2D eigenvalue weighted by atomic mass is 9.81. The predicted octanol–water partition coefficient (Wildman–Crippen LogP) is 15.5. The topological polar surface area (TPSA) is 6.48 Å². The van der Waals surface area contributed by atoms with E-state index in [0.717, 1.165) is 39.9 Å². The van der Waals surface area contributed by atoms with E-state index in [1.54, 1.807) is 0 Å². The molecule has 2 aliphatic rings. The van der Waals surface area contributed by atoms with Crippen LogP contribution in [0.15, 0.2) is 204 Å². The smallest absolute Gasteiger partial charge is 0.0546 e. The minimum Gasteiger partial charge on any atom is -0.311 e. The number of hydrogen-bond donors (Lipinski definition) is 0. The van der Waals surface area contributed by atoms with Gasteiger partial charge in [0, 0.05) is 60.7 Å². The van der Waals surface area contributed by atoms with Crippen LogP contribution in [0.3, 0.4) is 0 Å². The SMILES string of the molecule is CC1(C)c2ccccc2-c2c1ccc(N(c1ccc(N(c3ccccc3)c3ccccc3)cc1)c1cccc(-c3ccccc3)c1)c2-c1cccc2c1SCCS2. The summed E-state index contributed by atoms with van der Waals surface area (Å²) in [6.45, 7) is 4.77. The Labute approximate surface area is 344 Å². The minimum atomic E-state index is -0.131. The molecular weight excluding hydrogens is 729 g/mol. The zero-order chi connectivity index (χ0) is 38.3. The molecular formula is C53H42N2S2. The molecule has 0 N–H and O–H groups in total. The van der Waals surface area contributed by atoms with Gasteiger partial charge in [-0.2, -0.15) is 0 Å². The van der Waals surface area contributed by atoms with Gasteiger partial charge in [-0.15, -0.1) is 23.5 Å². The zero-order valence-corrected chi connectivity index (χ0v) is 33.7. The van der Waals surface area contributed by atoms with Crippen molar-refractivity contribution < 1.29 is 0 Å². The van der Waals surface area contributed by atoms with Crippen LogP contribution in [-0.2, 0) is 5.41 Å². The van der Waals surface area contributed by atoms with Gasteiger partial charge in [0.05, 0.1) is 5.69 Å². The molecule has 0 atom stereocenters. The molecule has 57 heavy (non-hydrogen) atoms. The molecule has 4 heteroatoms. The van der Waals surface area contributed by atoms with Crippen molar-refractivity contribution in [1.82, 2.24) is 0 Å². The van der Waals surface area contributed by atoms with Crippen molar-refractivity contribution >= 4 is 57.6 Å². The first-order valence-corrected chi connectivity index (χ1v) is 21.7. The van der Waals surface area contributed by atoms with Crippen LogP contribution in [0.2, 0.25) is 0 Å². The van der Waals surface area contributed by atoms with E-state index in [1.165, 1.54) is 60.0 Å². The first kappa shape index (κ1) is 35.5. The van der Waals surface area contributed by atoms with Gasteiger partial charge in [0.25, 0.3) is 0 Å². The summed E-state index contributed by atoms with van der Waals surface area (Å²) in [5, 5.41) is 0. The van der Waals surface area contributed by atoms with Crippen molar-refractivity contribution in [2.75, 3.05) is 21.3 Å². The van der Waals surface area contributed by atoms with E-state index in [-0.39, 0.29) is 5.41 Å². The second-order valence-electron chi connectivity index (χ2n) is 15.2. The van der Waals surface area contributed by atoms with Gasteiger partial charge in [0.2, 0.25) is 0 Å². The summed E-state index contributed by atoms with van der Waals surface area (Å²) < 4.78 is 0. The number of thioether (sulfide) groups is 2. The van der Waals surface area contributed by atoms with Crippen molar-refractivity contribution in [2.45, 2.75) is 29.1 Å². The summed E-state index contributed by atoms with van der Waals surface area (Å²) in [6.07, 6.45) is 0. The number of rotatable bonds is 8. The Bertz CT molecular complexity index is 2670. The maximum atomic E-state index is 2.50. The lowest BCUT2D eigenvalue weighted by Gasteiger charge is -2.32. The highest BCUT2D eigenvalue weighted by Crippen LogP contribution is 2.58. The maximum Gasteiger partial charge on any atom is 0.0546 e. The van der Waals surface area contributed by atoms with Crippen LogP contribution < -0.4 is 9.80 Å². The number of hydrogen-bond acceptors (Lipinski definition) is 4. The lowest BCUT2D eigenvalue weighted by Crippen LogP contribution is -2.16. The van der Waals surface area contributed by atoms with Crippen LogP contribution in [0.1, 0.15) is 25.0 Å². The van der Waals surface area contributed by atoms with Gasteiger partial charge in [-0.1, -0.05) is 135 Å². The molecule has 0 amide bonds. The normalized spacial score (nSPS) is 13.6. The van der Waals surface area contributed by atoms with Crippen LogP contribution in [0, 0.1) is 0 Å². The Balaban J connectivity index is 1.23. The van der Waals surface area contributed by atoms with E-state index in [1.807, 2.05) is 23.5 Å². The van der Waals surface area contributed by atoms with Gasteiger partial charge in [-0.3, -0.25) is 0 Å². The molecule has 1 aliphatic heterocycles. The maximum absolute atomic E-state index is 2.50. The number of benzene rings is 8. The van der Waals surface area contributed by atoms with Crippen molar-refractivity contribution in [1.29, 1.82) is 0 Å². The van der Waals surface area contributed by atoms with Gasteiger partial charge >= 0.3 is 0 Å². The summed E-state index contributed by atoms with van der Waals surface area (Å²) in [6, 6.07) is 71.0. The number of para-hydroxylation sites is 2. The molecule has 0 unspecified atom stereocenters. The van der Waals surface area contributed by atoms with Crippen molar-refractivity contribution in [3.63, 3.8) is 0 Å². The van der Waals surface area contributed by atoms with Crippen molar-refractivity contribution in [2.24, 2.45) is 0 Å². The zero-order valence-electron chi connectivity index (χ0n) is 32.1. The Morgan fingerprint density at radius 2 is 0.947 bits per heavy atom. The second-order valence-corrected chi connectivity index (χ2v) is 17.4. The third-order valence-corrected chi connectivity index (χ3v) is 14.0. The molecule has 0 radical (unpaired) electrons. The van der Waals surface area contributed by atoms with Gasteiger partial charge in [0.15, 0.2) is 0 Å². The van der Waals surface area contributed by atoms with E-state index in [0.29, 0.717) is 0 Å². The Morgan fingerprint density at radius 3 is 1.67 bits per heavy atom. The van der Waals surface area contributed by atoms with E-state index >= 15 is 0 Å². The fourth-order valence-electron chi connectivity index (χ4n) is 8.75.